The van der Waals surface area contributed by atoms with Gasteiger partial charge in [-0.05, 0) is 49.8 Å². The summed E-state index contributed by atoms with van der Waals surface area (Å²) in [5.74, 6) is 0.317. The highest BCUT2D eigenvalue weighted by atomic mass is 19.4. The summed E-state index contributed by atoms with van der Waals surface area (Å²) >= 11 is 0. The van der Waals surface area contributed by atoms with Gasteiger partial charge in [0.05, 0.1) is 29.0 Å². The van der Waals surface area contributed by atoms with Gasteiger partial charge < -0.3 is 9.88 Å². The molecule has 1 aliphatic heterocycles. The first-order valence-corrected chi connectivity index (χ1v) is 12.4. The zero-order valence-electron chi connectivity index (χ0n) is 20.5. The van der Waals surface area contributed by atoms with Gasteiger partial charge in [-0.2, -0.15) is 18.3 Å². The van der Waals surface area contributed by atoms with Crippen molar-refractivity contribution in [3.05, 3.63) is 52.1 Å². The van der Waals surface area contributed by atoms with E-state index in [9.17, 15) is 22.8 Å². The number of carbonyl (C=O) groups is 1. The molecule has 36 heavy (non-hydrogen) atoms. The van der Waals surface area contributed by atoms with Crippen LogP contribution in [0.5, 0.6) is 0 Å². The third-order valence-electron chi connectivity index (χ3n) is 7.39. The van der Waals surface area contributed by atoms with Gasteiger partial charge in [-0.25, -0.2) is 0 Å². The van der Waals surface area contributed by atoms with E-state index in [4.69, 9.17) is 0 Å². The molecule has 2 aliphatic rings. The number of fused-ring (bicyclic) bond motifs is 3. The van der Waals surface area contributed by atoms with Gasteiger partial charge in [-0.1, -0.05) is 13.5 Å². The molecule has 2 fully saturated rings. The van der Waals surface area contributed by atoms with Crippen molar-refractivity contribution in [1.82, 2.24) is 24.6 Å². The maximum atomic E-state index is 13.7. The Labute approximate surface area is 206 Å². The fourth-order valence-corrected chi connectivity index (χ4v) is 5.14. The average molecular weight is 502 g/mol. The Morgan fingerprint density at radius 1 is 1.25 bits per heavy atom. The zero-order chi connectivity index (χ0) is 25.8. The van der Waals surface area contributed by atoms with Crippen LogP contribution in [0.3, 0.4) is 0 Å². The molecule has 1 aromatic carbocycles. The molecule has 1 saturated heterocycles. The van der Waals surface area contributed by atoms with Crippen molar-refractivity contribution in [1.29, 1.82) is 0 Å². The van der Waals surface area contributed by atoms with Gasteiger partial charge in [-0.15, -0.1) is 0 Å². The second-order valence-electron chi connectivity index (χ2n) is 10.1. The number of aryl methyl sites for hydroxylation is 1. The van der Waals surface area contributed by atoms with Gasteiger partial charge >= 0.3 is 6.18 Å². The van der Waals surface area contributed by atoms with Crippen molar-refractivity contribution in [2.45, 2.75) is 58.3 Å². The van der Waals surface area contributed by atoms with Crippen LogP contribution in [0.1, 0.15) is 48.5 Å². The number of piperazine rings is 1. The largest absolute Gasteiger partial charge is 0.390 e. The molecule has 1 N–H and O–H groups in total. The van der Waals surface area contributed by atoms with E-state index < -0.39 is 12.6 Å². The highest BCUT2D eigenvalue weighted by Crippen LogP contribution is 2.33. The smallest absolute Gasteiger partial charge is 0.321 e. The van der Waals surface area contributed by atoms with Crippen LogP contribution in [0.2, 0.25) is 0 Å². The molecule has 3 heterocycles. The SMILES string of the molecule is C=C1CN(CCC(F)(F)F)[C@H](CC)CN1C(=O)c1cc2c(cc1C)[nH]c(=O)c1cnn(CC3CC3)c12. The third-order valence-corrected chi connectivity index (χ3v) is 7.39. The van der Waals surface area contributed by atoms with Crippen LogP contribution in [-0.2, 0) is 6.54 Å². The van der Waals surface area contributed by atoms with E-state index in [-0.39, 0.29) is 37.1 Å². The zero-order valence-corrected chi connectivity index (χ0v) is 20.5. The van der Waals surface area contributed by atoms with Gasteiger partial charge in [0.25, 0.3) is 11.5 Å². The number of aromatic nitrogens is 3. The molecule has 1 saturated carbocycles. The van der Waals surface area contributed by atoms with E-state index in [0.29, 0.717) is 40.1 Å². The number of amides is 1. The maximum Gasteiger partial charge on any atom is 0.390 e. The predicted molar refractivity (Wildman–Crippen MR) is 132 cm³/mol. The number of benzene rings is 1. The number of hydrogen-bond donors (Lipinski definition) is 1. The molecule has 2 aromatic heterocycles. The normalized spacial score (nSPS) is 19.5. The second kappa shape index (κ2) is 9.06. The van der Waals surface area contributed by atoms with Crippen molar-refractivity contribution >= 4 is 27.7 Å². The van der Waals surface area contributed by atoms with E-state index in [1.807, 2.05) is 18.5 Å². The Balaban J connectivity index is 1.49. The third kappa shape index (κ3) is 4.66. The molecule has 1 aliphatic carbocycles. The van der Waals surface area contributed by atoms with Crippen LogP contribution in [0.4, 0.5) is 13.2 Å². The quantitative estimate of drug-likeness (QED) is 0.536. The van der Waals surface area contributed by atoms with Crippen LogP contribution < -0.4 is 5.56 Å². The molecule has 0 radical (unpaired) electrons. The summed E-state index contributed by atoms with van der Waals surface area (Å²) in [4.78, 5) is 32.7. The van der Waals surface area contributed by atoms with Gasteiger partial charge in [0.1, 0.15) is 0 Å². The minimum Gasteiger partial charge on any atom is -0.321 e. The van der Waals surface area contributed by atoms with E-state index in [1.165, 1.54) is 0 Å². The number of pyridine rings is 1. The van der Waals surface area contributed by atoms with E-state index in [2.05, 4.69) is 16.7 Å². The fraction of sp³-hybridized carbons (Fsp3) is 0.500. The molecule has 3 aromatic rings. The molecule has 0 bridgehead atoms. The molecule has 1 atom stereocenters. The number of alkyl halides is 3. The summed E-state index contributed by atoms with van der Waals surface area (Å²) in [7, 11) is 0. The van der Waals surface area contributed by atoms with Crippen LogP contribution >= 0.6 is 0 Å². The Morgan fingerprint density at radius 3 is 2.67 bits per heavy atom. The standard InChI is InChI=1S/C26H30F3N5O2/c1-4-18-14-33(16(3)12-32(18)8-7-26(27,28)29)25(36)19-10-20-22(9-15(19)2)31-24(35)21-11-30-34(23(20)21)13-17-5-6-17/h9-11,17-18H,3-8,12-14H2,1-2H3,(H,31,35)/t18-/m1/s1. The molecule has 7 nitrogen and oxygen atoms in total. The number of rotatable bonds is 6. The lowest BCUT2D eigenvalue weighted by atomic mass is 10.0. The summed E-state index contributed by atoms with van der Waals surface area (Å²) in [6.07, 6.45) is -0.647. The summed E-state index contributed by atoms with van der Waals surface area (Å²) in [5.41, 5.74) is 2.81. The first-order valence-electron chi connectivity index (χ1n) is 12.4. The van der Waals surface area contributed by atoms with Crippen molar-refractivity contribution in [2.75, 3.05) is 19.6 Å². The first kappa shape index (κ1) is 24.5. The van der Waals surface area contributed by atoms with E-state index in [0.717, 1.165) is 30.3 Å². The van der Waals surface area contributed by atoms with Crippen LogP contribution in [0.15, 0.2) is 35.4 Å². The van der Waals surface area contributed by atoms with E-state index >= 15 is 0 Å². The van der Waals surface area contributed by atoms with Gasteiger partial charge in [0.15, 0.2) is 0 Å². The maximum absolute atomic E-state index is 13.7. The lowest BCUT2D eigenvalue weighted by Crippen LogP contribution is -2.53. The lowest BCUT2D eigenvalue weighted by Gasteiger charge is -2.42. The summed E-state index contributed by atoms with van der Waals surface area (Å²) < 4.78 is 40.3. The van der Waals surface area contributed by atoms with Gasteiger partial charge in [0.2, 0.25) is 0 Å². The monoisotopic (exact) mass is 501 g/mol. The van der Waals surface area contributed by atoms with E-state index in [1.54, 1.807) is 28.1 Å². The highest BCUT2D eigenvalue weighted by Gasteiger charge is 2.35. The molecule has 5 rings (SSSR count). The summed E-state index contributed by atoms with van der Waals surface area (Å²) in [6, 6.07) is 3.42. The topological polar surface area (TPSA) is 74.2 Å². The van der Waals surface area contributed by atoms with Crippen molar-refractivity contribution in [3.63, 3.8) is 0 Å². The van der Waals surface area contributed by atoms with Gasteiger partial charge in [-0.3, -0.25) is 19.2 Å². The molecule has 192 valence electrons. The number of halogens is 3. The molecular weight excluding hydrogens is 471 g/mol. The fourth-order valence-electron chi connectivity index (χ4n) is 5.14. The van der Waals surface area contributed by atoms with Crippen molar-refractivity contribution < 1.29 is 18.0 Å². The molecule has 0 spiro atoms. The summed E-state index contributed by atoms with van der Waals surface area (Å²) in [5, 5.41) is 5.68. The molecule has 10 heteroatoms. The minimum atomic E-state index is -4.23. The number of H-pyrrole nitrogens is 1. The highest BCUT2D eigenvalue weighted by molar-refractivity contribution is 6.08. The Kier molecular flexibility index (Phi) is 6.18. The van der Waals surface area contributed by atoms with Gasteiger partial charge in [0, 0.05) is 48.9 Å². The number of nitrogens with zero attached hydrogens (tertiary/aromatic N) is 4. The van der Waals surface area contributed by atoms with Crippen molar-refractivity contribution in [2.24, 2.45) is 5.92 Å². The minimum absolute atomic E-state index is 0.117. The van der Waals surface area contributed by atoms with Crippen LogP contribution in [0.25, 0.3) is 21.8 Å². The lowest BCUT2D eigenvalue weighted by molar-refractivity contribution is -0.139. The second-order valence-corrected chi connectivity index (χ2v) is 10.1. The molecule has 0 unspecified atom stereocenters. The van der Waals surface area contributed by atoms with Crippen LogP contribution in [0, 0.1) is 12.8 Å². The Hall–Kier alpha value is -3.14. The Bertz CT molecular complexity index is 1400. The number of aromatic amines is 1. The molecular formula is C26H30F3N5O2. The number of hydrogen-bond acceptors (Lipinski definition) is 4. The molecule has 1 amide bonds. The predicted octanol–water partition coefficient (Wildman–Crippen LogP) is 4.60. The van der Waals surface area contributed by atoms with Crippen LogP contribution in [-0.4, -0.2) is 62.3 Å². The average Bonchev–Trinajstić information content (AvgIpc) is 3.53. The number of carbonyl (C=O) groups excluding carboxylic acids is 1. The van der Waals surface area contributed by atoms with Crippen molar-refractivity contribution in [3.8, 4) is 0 Å². The summed E-state index contributed by atoms with van der Waals surface area (Å²) in [6.45, 7) is 8.86. The first-order chi connectivity index (χ1) is 17.1. The Morgan fingerprint density at radius 2 is 2.00 bits per heavy atom. The number of nitrogens with one attached hydrogen (secondary N) is 1.